The van der Waals surface area contributed by atoms with Crippen LogP contribution >= 0.6 is 0 Å². The summed E-state index contributed by atoms with van der Waals surface area (Å²) in [4.78, 5) is 23.5. The number of piperidine rings is 1. The van der Waals surface area contributed by atoms with Crippen LogP contribution in [-0.4, -0.2) is 54.9 Å². The van der Waals surface area contributed by atoms with E-state index in [1.807, 2.05) is 0 Å². The Morgan fingerprint density at radius 1 is 1.47 bits per heavy atom. The Morgan fingerprint density at radius 2 is 2.07 bits per heavy atom. The number of amides is 2. The van der Waals surface area contributed by atoms with Gasteiger partial charge < -0.3 is 20.1 Å². The van der Waals surface area contributed by atoms with E-state index in [0.29, 0.717) is 25.9 Å². The van der Waals surface area contributed by atoms with E-state index in [0.717, 1.165) is 0 Å². The van der Waals surface area contributed by atoms with Crippen molar-refractivity contribution in [3.63, 3.8) is 0 Å². The summed E-state index contributed by atoms with van der Waals surface area (Å²) >= 11 is 0. The fourth-order valence-corrected chi connectivity index (χ4v) is 1.66. The van der Waals surface area contributed by atoms with Crippen LogP contribution in [-0.2, 0) is 9.53 Å². The molecule has 0 aromatic heterocycles. The number of rotatable bonds is 3. The molecule has 0 aromatic rings. The Hall–Kier alpha value is -1.30. The van der Waals surface area contributed by atoms with Gasteiger partial charge in [-0.25, -0.2) is 4.79 Å². The van der Waals surface area contributed by atoms with Crippen LogP contribution in [0.1, 0.15) is 12.8 Å². The largest absolute Gasteiger partial charge is 0.465 e. The minimum Gasteiger partial charge on any atom is -0.465 e. The van der Waals surface area contributed by atoms with Gasteiger partial charge >= 0.3 is 6.09 Å². The van der Waals surface area contributed by atoms with Gasteiger partial charge in [-0.15, -0.1) is 0 Å². The predicted molar refractivity (Wildman–Crippen MR) is 52.6 cm³/mol. The molecule has 1 saturated heterocycles. The molecule has 0 aromatic carbocycles. The highest BCUT2D eigenvalue weighted by Crippen LogP contribution is 2.10. The van der Waals surface area contributed by atoms with Crippen LogP contribution < -0.4 is 5.32 Å². The summed E-state index contributed by atoms with van der Waals surface area (Å²) < 4.78 is 4.75. The van der Waals surface area contributed by atoms with Gasteiger partial charge in [0.2, 0.25) is 5.91 Å². The van der Waals surface area contributed by atoms with Crippen molar-refractivity contribution in [2.45, 2.75) is 18.9 Å². The molecule has 0 aliphatic carbocycles. The fourth-order valence-electron chi connectivity index (χ4n) is 1.66. The van der Waals surface area contributed by atoms with E-state index >= 15 is 0 Å². The van der Waals surface area contributed by atoms with Crippen LogP contribution in [0, 0.1) is 0 Å². The van der Waals surface area contributed by atoms with Crippen LogP contribution in [0.15, 0.2) is 0 Å². The van der Waals surface area contributed by atoms with Crippen molar-refractivity contribution in [2.75, 3.05) is 26.8 Å². The molecule has 0 saturated carbocycles. The Bertz CT molecular complexity index is 236. The number of carboxylic acid groups (broad SMARTS) is 1. The summed E-state index contributed by atoms with van der Waals surface area (Å²) in [5.41, 5.74) is 0. The van der Waals surface area contributed by atoms with E-state index in [-0.39, 0.29) is 18.6 Å². The maximum atomic E-state index is 11.4. The van der Waals surface area contributed by atoms with E-state index in [4.69, 9.17) is 9.84 Å². The zero-order valence-corrected chi connectivity index (χ0v) is 8.73. The molecule has 0 radical (unpaired) electrons. The minimum absolute atomic E-state index is 0.0332. The smallest absolute Gasteiger partial charge is 0.404 e. The Balaban J connectivity index is 2.29. The molecule has 1 heterocycles. The van der Waals surface area contributed by atoms with E-state index in [9.17, 15) is 9.59 Å². The predicted octanol–water partition coefficient (Wildman–Crippen LogP) is -0.109. The molecular weight excluding hydrogens is 200 g/mol. The first kappa shape index (κ1) is 11.8. The van der Waals surface area contributed by atoms with Gasteiger partial charge in [0.15, 0.2) is 0 Å². The molecule has 1 aliphatic heterocycles. The zero-order chi connectivity index (χ0) is 11.3. The minimum atomic E-state index is -1.00. The molecule has 0 unspecified atom stereocenters. The van der Waals surface area contributed by atoms with Crippen LogP contribution in [0.3, 0.4) is 0 Å². The third-order valence-corrected chi connectivity index (χ3v) is 2.44. The van der Waals surface area contributed by atoms with Crippen molar-refractivity contribution in [3.05, 3.63) is 0 Å². The number of nitrogens with one attached hydrogen (secondary N) is 1. The molecule has 6 heteroatoms. The average Bonchev–Trinajstić information content (AvgIpc) is 2.18. The second-order valence-corrected chi connectivity index (χ2v) is 3.54. The molecule has 2 amide bonds. The number of likely N-dealkylation sites (tertiary alicyclic amines) is 1. The Kier molecular flexibility index (Phi) is 4.36. The summed E-state index contributed by atoms with van der Waals surface area (Å²) in [5.74, 6) is -0.0359. The van der Waals surface area contributed by atoms with Crippen molar-refractivity contribution in [2.24, 2.45) is 0 Å². The molecule has 0 atom stereocenters. The van der Waals surface area contributed by atoms with Gasteiger partial charge in [-0.3, -0.25) is 4.79 Å². The monoisotopic (exact) mass is 216 g/mol. The van der Waals surface area contributed by atoms with Crippen LogP contribution in [0.25, 0.3) is 0 Å². The van der Waals surface area contributed by atoms with Gasteiger partial charge in [0.05, 0.1) is 0 Å². The lowest BCUT2D eigenvalue weighted by atomic mass is 10.1. The Labute approximate surface area is 88.2 Å². The first-order valence-electron chi connectivity index (χ1n) is 4.89. The lowest BCUT2D eigenvalue weighted by Crippen LogP contribution is -2.47. The third kappa shape index (κ3) is 3.75. The highest BCUT2D eigenvalue weighted by Gasteiger charge is 2.23. The molecule has 1 fully saturated rings. The standard InChI is InChI=1S/C9H16N2O4/c1-15-6-8(12)11-4-2-7(3-5-11)10-9(13)14/h7,10H,2-6H2,1H3,(H,13,14). The number of ether oxygens (including phenoxy) is 1. The number of hydrogen-bond donors (Lipinski definition) is 2. The maximum Gasteiger partial charge on any atom is 0.404 e. The van der Waals surface area contributed by atoms with E-state index < -0.39 is 6.09 Å². The first-order valence-corrected chi connectivity index (χ1v) is 4.89. The van der Waals surface area contributed by atoms with Crippen LogP contribution in [0.2, 0.25) is 0 Å². The normalized spacial score (nSPS) is 17.5. The number of carbonyl (C=O) groups is 2. The molecule has 2 N–H and O–H groups in total. The zero-order valence-electron chi connectivity index (χ0n) is 8.73. The van der Waals surface area contributed by atoms with Crippen molar-refractivity contribution in [1.29, 1.82) is 0 Å². The van der Waals surface area contributed by atoms with E-state index in [1.165, 1.54) is 7.11 Å². The molecule has 0 bridgehead atoms. The molecule has 6 nitrogen and oxygen atoms in total. The highest BCUT2D eigenvalue weighted by molar-refractivity contribution is 5.77. The van der Waals surface area contributed by atoms with Gasteiger partial charge in [0, 0.05) is 26.2 Å². The van der Waals surface area contributed by atoms with Crippen molar-refractivity contribution in [1.82, 2.24) is 10.2 Å². The summed E-state index contributed by atoms with van der Waals surface area (Å²) in [6.45, 7) is 1.28. The lowest BCUT2D eigenvalue weighted by molar-refractivity contribution is -0.136. The quantitative estimate of drug-likeness (QED) is 0.690. The van der Waals surface area contributed by atoms with Crippen LogP contribution in [0.4, 0.5) is 4.79 Å². The number of nitrogens with zero attached hydrogens (tertiary/aromatic N) is 1. The summed E-state index contributed by atoms with van der Waals surface area (Å²) in [6.07, 6.45) is 0.334. The Morgan fingerprint density at radius 3 is 2.53 bits per heavy atom. The lowest BCUT2D eigenvalue weighted by Gasteiger charge is -2.31. The molecule has 86 valence electrons. The van der Waals surface area contributed by atoms with E-state index in [2.05, 4.69) is 5.32 Å². The highest BCUT2D eigenvalue weighted by atomic mass is 16.5. The number of methoxy groups -OCH3 is 1. The first-order chi connectivity index (χ1) is 7.13. The average molecular weight is 216 g/mol. The van der Waals surface area contributed by atoms with Crippen molar-refractivity contribution >= 4 is 12.0 Å². The van der Waals surface area contributed by atoms with Gasteiger partial charge in [-0.1, -0.05) is 0 Å². The molecular formula is C9H16N2O4. The SMILES string of the molecule is COCC(=O)N1CCC(NC(=O)O)CC1. The fraction of sp³-hybridized carbons (Fsp3) is 0.778. The molecule has 1 aliphatic rings. The van der Waals surface area contributed by atoms with Crippen molar-refractivity contribution < 1.29 is 19.4 Å². The third-order valence-electron chi connectivity index (χ3n) is 2.44. The molecule has 0 spiro atoms. The second kappa shape index (κ2) is 5.55. The topological polar surface area (TPSA) is 78.9 Å². The van der Waals surface area contributed by atoms with Crippen molar-refractivity contribution in [3.8, 4) is 0 Å². The summed E-state index contributed by atoms with van der Waals surface area (Å²) in [5, 5.41) is 10.9. The van der Waals surface area contributed by atoms with Gasteiger partial charge in [0.1, 0.15) is 6.61 Å². The van der Waals surface area contributed by atoms with Gasteiger partial charge in [0.25, 0.3) is 0 Å². The van der Waals surface area contributed by atoms with Crippen LogP contribution in [0.5, 0.6) is 0 Å². The number of carbonyl (C=O) groups excluding carboxylic acids is 1. The van der Waals surface area contributed by atoms with Gasteiger partial charge in [-0.05, 0) is 12.8 Å². The summed E-state index contributed by atoms with van der Waals surface area (Å²) in [7, 11) is 1.48. The molecule has 1 rings (SSSR count). The van der Waals surface area contributed by atoms with E-state index in [1.54, 1.807) is 4.90 Å². The second-order valence-electron chi connectivity index (χ2n) is 3.54. The van der Waals surface area contributed by atoms with Gasteiger partial charge in [-0.2, -0.15) is 0 Å². The molecule has 15 heavy (non-hydrogen) atoms. The summed E-state index contributed by atoms with van der Waals surface area (Å²) in [6, 6.07) is -0.0332. The maximum absolute atomic E-state index is 11.4. The number of hydrogen-bond acceptors (Lipinski definition) is 3.